The fourth-order valence-electron chi connectivity index (χ4n) is 1.12. The Kier molecular flexibility index (Phi) is 5.35. The van der Waals surface area contributed by atoms with Crippen molar-refractivity contribution >= 4 is 0 Å². The van der Waals surface area contributed by atoms with Gasteiger partial charge < -0.3 is 10.2 Å². The minimum Gasteiger partial charge on any atom is -0.375 e. The normalized spacial score (nSPS) is 15.3. The summed E-state index contributed by atoms with van der Waals surface area (Å²) in [4.78, 5) is 9.57. The summed E-state index contributed by atoms with van der Waals surface area (Å²) in [6.07, 6.45) is 6.78. The first-order valence-electron chi connectivity index (χ1n) is 4.71. The third kappa shape index (κ3) is 4.57. The molecule has 1 aliphatic heterocycles. The van der Waals surface area contributed by atoms with Crippen molar-refractivity contribution in [3.8, 4) is 0 Å². The second kappa shape index (κ2) is 7.03. The van der Waals surface area contributed by atoms with Gasteiger partial charge in [0.05, 0.1) is 0 Å². The number of hydrogen-bond donors (Lipinski definition) is 1. The van der Waals surface area contributed by atoms with Crippen LogP contribution in [0.1, 0.15) is 0 Å². The average molecular weight is 192 g/mol. The predicted molar refractivity (Wildman–Crippen MR) is 56.7 cm³/mol. The molecule has 0 aromatic carbocycles. The lowest BCUT2D eigenvalue weighted by Crippen LogP contribution is -2.40. The van der Waals surface area contributed by atoms with Gasteiger partial charge in [0.15, 0.2) is 0 Å². The lowest BCUT2D eigenvalue weighted by molar-refractivity contribution is 0.325. The summed E-state index contributed by atoms with van der Waals surface area (Å²) in [5.74, 6) is 0. The third-order valence-electron chi connectivity index (χ3n) is 1.89. The van der Waals surface area contributed by atoms with Crippen molar-refractivity contribution in [1.82, 2.24) is 20.2 Å². The molecule has 0 unspecified atom stereocenters. The lowest BCUT2D eigenvalue weighted by Gasteiger charge is -2.24. The number of aromatic nitrogens is 2. The van der Waals surface area contributed by atoms with Crippen LogP contribution in [0.3, 0.4) is 0 Å². The monoisotopic (exact) mass is 192 g/mol. The molecule has 0 aliphatic carbocycles. The summed E-state index contributed by atoms with van der Waals surface area (Å²) in [6, 6.07) is 1.78. The van der Waals surface area contributed by atoms with Crippen molar-refractivity contribution in [2.24, 2.45) is 0 Å². The van der Waals surface area contributed by atoms with Crippen LogP contribution in [0.4, 0.5) is 0 Å². The van der Waals surface area contributed by atoms with E-state index in [1.54, 1.807) is 18.5 Å². The van der Waals surface area contributed by atoms with Crippen molar-refractivity contribution in [1.29, 1.82) is 0 Å². The molecule has 1 N–H and O–H groups in total. The van der Waals surface area contributed by atoms with Gasteiger partial charge >= 0.3 is 0 Å². The number of hydrogen-bond acceptors (Lipinski definition) is 4. The Morgan fingerprint density at radius 3 is 2.14 bits per heavy atom. The molecule has 0 atom stereocenters. The molecule has 2 heterocycles. The van der Waals surface area contributed by atoms with Crippen LogP contribution in [0.25, 0.3) is 0 Å². The molecular formula is C10H16N4. The molecule has 0 spiro atoms. The van der Waals surface area contributed by atoms with E-state index in [1.807, 2.05) is 6.20 Å². The third-order valence-corrected chi connectivity index (χ3v) is 1.89. The zero-order valence-electron chi connectivity index (χ0n) is 8.26. The Labute approximate surface area is 84.7 Å². The fourth-order valence-corrected chi connectivity index (χ4v) is 1.12. The van der Waals surface area contributed by atoms with Crippen LogP contribution in [0.5, 0.6) is 0 Å². The minimum absolute atomic E-state index is 1.10. The second-order valence-electron chi connectivity index (χ2n) is 2.87. The van der Waals surface area contributed by atoms with Crippen LogP contribution in [0, 0.1) is 0 Å². The highest BCUT2D eigenvalue weighted by molar-refractivity contribution is 4.75. The maximum atomic E-state index is 3.68. The summed E-state index contributed by atoms with van der Waals surface area (Å²) >= 11 is 0. The zero-order valence-corrected chi connectivity index (χ0v) is 8.26. The van der Waals surface area contributed by atoms with E-state index in [1.165, 1.54) is 6.33 Å². The molecule has 4 nitrogen and oxygen atoms in total. The van der Waals surface area contributed by atoms with E-state index in [0.717, 1.165) is 26.2 Å². The van der Waals surface area contributed by atoms with Gasteiger partial charge in [0.25, 0.3) is 0 Å². The lowest BCUT2D eigenvalue weighted by atomic mass is 10.4. The first-order chi connectivity index (χ1) is 6.93. The largest absolute Gasteiger partial charge is 0.375 e. The minimum atomic E-state index is 1.10. The Hall–Kier alpha value is -1.42. The van der Waals surface area contributed by atoms with Gasteiger partial charge in [-0.3, -0.25) is 0 Å². The van der Waals surface area contributed by atoms with Crippen molar-refractivity contribution in [3.05, 3.63) is 37.6 Å². The van der Waals surface area contributed by atoms with Gasteiger partial charge in [-0.1, -0.05) is 6.58 Å². The van der Waals surface area contributed by atoms with Crippen LogP contribution in [0.15, 0.2) is 37.6 Å². The molecule has 1 aromatic heterocycles. The van der Waals surface area contributed by atoms with Crippen LogP contribution >= 0.6 is 0 Å². The van der Waals surface area contributed by atoms with E-state index < -0.39 is 0 Å². The molecule has 0 saturated carbocycles. The average Bonchev–Trinajstić information content (AvgIpc) is 2.33. The first kappa shape index (κ1) is 10.7. The van der Waals surface area contributed by atoms with Gasteiger partial charge in [-0.2, -0.15) is 0 Å². The highest BCUT2D eigenvalue weighted by atomic mass is 15.2. The fraction of sp³-hybridized carbons (Fsp3) is 0.400. The number of nitrogens with zero attached hydrogens (tertiary/aromatic N) is 3. The molecule has 0 bridgehead atoms. The Morgan fingerprint density at radius 1 is 1.21 bits per heavy atom. The Morgan fingerprint density at radius 2 is 1.86 bits per heavy atom. The van der Waals surface area contributed by atoms with Crippen molar-refractivity contribution in [2.45, 2.75) is 0 Å². The molecule has 1 aliphatic rings. The molecule has 1 aromatic rings. The van der Waals surface area contributed by atoms with Gasteiger partial charge in [0, 0.05) is 38.6 Å². The number of rotatable bonds is 1. The summed E-state index contributed by atoms with van der Waals surface area (Å²) < 4.78 is 0. The number of nitrogens with one attached hydrogen (secondary N) is 1. The maximum absolute atomic E-state index is 3.68. The first-order valence-corrected chi connectivity index (χ1v) is 4.71. The van der Waals surface area contributed by atoms with Crippen molar-refractivity contribution < 1.29 is 0 Å². The van der Waals surface area contributed by atoms with E-state index in [4.69, 9.17) is 0 Å². The summed E-state index contributed by atoms with van der Waals surface area (Å²) in [6.45, 7) is 8.12. The topological polar surface area (TPSA) is 41.0 Å². The van der Waals surface area contributed by atoms with Gasteiger partial charge in [-0.15, -0.1) is 0 Å². The van der Waals surface area contributed by atoms with Crippen LogP contribution < -0.4 is 5.32 Å². The Bertz CT molecular complexity index is 204. The van der Waals surface area contributed by atoms with E-state index >= 15 is 0 Å². The molecule has 1 fully saturated rings. The smallest absolute Gasteiger partial charge is 0.115 e. The molecule has 76 valence electrons. The molecule has 2 rings (SSSR count). The molecular weight excluding hydrogens is 176 g/mol. The van der Waals surface area contributed by atoms with Crippen LogP contribution in [-0.2, 0) is 0 Å². The van der Waals surface area contributed by atoms with E-state index in [9.17, 15) is 0 Å². The summed E-state index contributed by atoms with van der Waals surface area (Å²) in [5.41, 5.74) is 0. The molecule has 0 amide bonds. The zero-order chi connectivity index (χ0) is 10.1. The molecule has 1 saturated heterocycles. The van der Waals surface area contributed by atoms with E-state index in [2.05, 4.69) is 26.8 Å². The summed E-state index contributed by atoms with van der Waals surface area (Å²) in [7, 11) is 0. The van der Waals surface area contributed by atoms with Gasteiger partial charge in [0.1, 0.15) is 6.33 Å². The highest BCUT2D eigenvalue weighted by Crippen LogP contribution is 1.89. The molecule has 14 heavy (non-hydrogen) atoms. The Balaban J connectivity index is 0.000000146. The van der Waals surface area contributed by atoms with Gasteiger partial charge in [0.2, 0.25) is 0 Å². The van der Waals surface area contributed by atoms with E-state index in [0.29, 0.717) is 0 Å². The van der Waals surface area contributed by atoms with Crippen LogP contribution in [-0.4, -0.2) is 41.0 Å². The predicted octanol–water partition coefficient (Wildman–Crippen LogP) is 0.512. The highest BCUT2D eigenvalue weighted by Gasteiger charge is 2.01. The number of piperazine rings is 1. The maximum Gasteiger partial charge on any atom is 0.115 e. The second-order valence-corrected chi connectivity index (χ2v) is 2.87. The van der Waals surface area contributed by atoms with Crippen molar-refractivity contribution in [2.75, 3.05) is 26.2 Å². The standard InChI is InChI=1S/C6H12N2.C4H4N2/c1-2-8-5-3-7-4-6-8;1-2-5-4-6-3-1/h2,7H,1,3-6H2;1-4H. The summed E-state index contributed by atoms with van der Waals surface area (Å²) in [5, 5.41) is 3.26. The molecule has 0 radical (unpaired) electrons. The van der Waals surface area contributed by atoms with E-state index in [-0.39, 0.29) is 0 Å². The quantitative estimate of drug-likeness (QED) is 0.704. The molecule has 4 heteroatoms. The van der Waals surface area contributed by atoms with Gasteiger partial charge in [-0.25, -0.2) is 9.97 Å². The van der Waals surface area contributed by atoms with Crippen LogP contribution in [0.2, 0.25) is 0 Å². The SMILES string of the molecule is C=CN1CCNCC1.c1cncnc1. The van der Waals surface area contributed by atoms with Gasteiger partial charge in [-0.05, 0) is 12.3 Å². The van der Waals surface area contributed by atoms with Crippen molar-refractivity contribution in [3.63, 3.8) is 0 Å².